The van der Waals surface area contributed by atoms with Crippen molar-refractivity contribution in [1.29, 1.82) is 0 Å². The van der Waals surface area contributed by atoms with E-state index in [1.54, 1.807) is 12.1 Å². The number of nitrogens with zero attached hydrogens (tertiary/aromatic N) is 1. The molecule has 4 nitrogen and oxygen atoms in total. The van der Waals surface area contributed by atoms with Crippen molar-refractivity contribution >= 4 is 40.8 Å². The molecule has 0 spiro atoms. The quantitative estimate of drug-likeness (QED) is 0.477. The molecule has 1 heterocycles. The van der Waals surface area contributed by atoms with Crippen LogP contribution in [0.15, 0.2) is 64.4 Å². The molecule has 0 saturated heterocycles. The lowest BCUT2D eigenvalue weighted by molar-refractivity contribution is -0.136. The van der Waals surface area contributed by atoms with Gasteiger partial charge in [0.1, 0.15) is 0 Å². The maximum atomic E-state index is 13.0. The van der Waals surface area contributed by atoms with E-state index in [-0.39, 0.29) is 11.8 Å². The highest BCUT2D eigenvalue weighted by Gasteiger charge is 2.38. The van der Waals surface area contributed by atoms with Gasteiger partial charge in [0.25, 0.3) is 11.8 Å². The molecule has 0 bridgehead atoms. The van der Waals surface area contributed by atoms with Crippen molar-refractivity contribution in [1.82, 2.24) is 4.90 Å². The van der Waals surface area contributed by atoms with Crippen LogP contribution >= 0.6 is 23.4 Å². The summed E-state index contributed by atoms with van der Waals surface area (Å²) < 4.78 is 5.33. The lowest BCUT2D eigenvalue weighted by atomic mass is 10.1. The number of hydrogen-bond donors (Lipinski definition) is 0. The van der Waals surface area contributed by atoms with Crippen molar-refractivity contribution in [2.75, 3.05) is 19.8 Å². The topological polar surface area (TPSA) is 46.6 Å². The highest BCUT2D eigenvalue weighted by Crippen LogP contribution is 2.39. The summed E-state index contributed by atoms with van der Waals surface area (Å²) in [6.45, 7) is 3.40. The van der Waals surface area contributed by atoms with Crippen LogP contribution in [-0.2, 0) is 14.3 Å². The molecule has 6 heteroatoms. The summed E-state index contributed by atoms with van der Waals surface area (Å²) in [7, 11) is 0. The van der Waals surface area contributed by atoms with Crippen LogP contribution in [0, 0.1) is 0 Å². The molecule has 2 amide bonds. The number of carbonyl (C=O) groups is 2. The van der Waals surface area contributed by atoms with E-state index < -0.39 is 0 Å². The molecule has 0 fully saturated rings. The number of imide groups is 1. The Morgan fingerprint density at radius 2 is 1.70 bits per heavy atom. The minimum atomic E-state index is -0.254. The van der Waals surface area contributed by atoms with E-state index in [0.717, 1.165) is 10.5 Å². The zero-order valence-corrected chi connectivity index (χ0v) is 16.6. The Morgan fingerprint density at radius 3 is 2.37 bits per heavy atom. The monoisotopic (exact) mass is 401 g/mol. The molecule has 0 saturated carbocycles. The largest absolute Gasteiger partial charge is 0.382 e. The van der Waals surface area contributed by atoms with Gasteiger partial charge in [0.15, 0.2) is 0 Å². The molecule has 0 atom stereocenters. The second kappa shape index (κ2) is 9.22. The van der Waals surface area contributed by atoms with Gasteiger partial charge >= 0.3 is 0 Å². The van der Waals surface area contributed by atoms with Crippen LogP contribution in [-0.4, -0.2) is 36.5 Å². The molecule has 0 unspecified atom stereocenters. The Kier molecular flexibility index (Phi) is 6.72. The van der Waals surface area contributed by atoms with Crippen LogP contribution in [0.5, 0.6) is 0 Å². The molecular formula is C21H20ClNO3S. The summed E-state index contributed by atoms with van der Waals surface area (Å²) in [5, 5.41) is 0.628. The van der Waals surface area contributed by atoms with Gasteiger partial charge in [-0.25, -0.2) is 0 Å². The van der Waals surface area contributed by atoms with Gasteiger partial charge < -0.3 is 4.74 Å². The second-order valence-electron chi connectivity index (χ2n) is 5.94. The number of thioether (sulfide) groups is 1. The number of hydrogen-bond acceptors (Lipinski definition) is 4. The third-order valence-electron chi connectivity index (χ3n) is 4.10. The van der Waals surface area contributed by atoms with Gasteiger partial charge in [-0.05, 0) is 43.2 Å². The number of halogens is 1. The van der Waals surface area contributed by atoms with Crippen molar-refractivity contribution in [2.45, 2.75) is 18.2 Å². The van der Waals surface area contributed by atoms with E-state index >= 15 is 0 Å². The highest BCUT2D eigenvalue weighted by atomic mass is 35.5. The Morgan fingerprint density at radius 1 is 1.00 bits per heavy atom. The van der Waals surface area contributed by atoms with Crippen LogP contribution in [0.2, 0.25) is 5.02 Å². The van der Waals surface area contributed by atoms with Gasteiger partial charge in [0, 0.05) is 29.7 Å². The van der Waals surface area contributed by atoms with E-state index in [0.29, 0.717) is 41.7 Å². The summed E-state index contributed by atoms with van der Waals surface area (Å²) in [4.78, 5) is 28.6. The third-order valence-corrected chi connectivity index (χ3v) is 5.44. The van der Waals surface area contributed by atoms with E-state index in [2.05, 4.69) is 0 Å². The van der Waals surface area contributed by atoms with Crippen LogP contribution in [0.4, 0.5) is 0 Å². The summed E-state index contributed by atoms with van der Waals surface area (Å²) in [6.07, 6.45) is 0.617. The van der Waals surface area contributed by atoms with Gasteiger partial charge in [0.05, 0.1) is 10.5 Å². The Balaban J connectivity index is 1.90. The average molecular weight is 402 g/mol. The molecule has 2 aromatic carbocycles. The molecule has 1 aliphatic rings. The maximum Gasteiger partial charge on any atom is 0.268 e. The fourth-order valence-corrected chi connectivity index (χ4v) is 3.94. The lowest BCUT2D eigenvalue weighted by Gasteiger charge is -2.15. The van der Waals surface area contributed by atoms with Crippen molar-refractivity contribution in [3.05, 3.63) is 70.1 Å². The van der Waals surface area contributed by atoms with Crippen LogP contribution in [0.25, 0.3) is 5.57 Å². The van der Waals surface area contributed by atoms with E-state index in [1.165, 1.54) is 16.7 Å². The standard InChI is InChI=1S/C21H20ClNO3S/c1-2-26-14-6-13-23-20(24)18(15-7-4-3-5-8-15)19(21(23)25)27-17-11-9-16(22)10-12-17/h3-5,7-12H,2,6,13-14H2,1H3. The molecule has 1 aliphatic heterocycles. The Bertz CT molecular complexity index is 849. The van der Waals surface area contributed by atoms with Gasteiger partial charge in [-0.2, -0.15) is 0 Å². The SMILES string of the molecule is CCOCCCN1C(=O)C(Sc2ccc(Cl)cc2)=C(c2ccccc2)C1=O. The van der Waals surface area contributed by atoms with Gasteiger partial charge in [0.2, 0.25) is 0 Å². The summed E-state index contributed by atoms with van der Waals surface area (Å²) >= 11 is 7.25. The predicted molar refractivity (Wildman–Crippen MR) is 109 cm³/mol. The predicted octanol–water partition coefficient (Wildman–Crippen LogP) is 4.64. The first kappa shape index (κ1) is 19.7. The molecule has 0 N–H and O–H groups in total. The molecule has 0 aromatic heterocycles. The third kappa shape index (κ3) is 4.61. The number of rotatable bonds is 8. The molecule has 2 aromatic rings. The van der Waals surface area contributed by atoms with Crippen LogP contribution in [0.1, 0.15) is 18.9 Å². The Labute approximate surface area is 168 Å². The molecule has 140 valence electrons. The highest BCUT2D eigenvalue weighted by molar-refractivity contribution is 8.04. The fourth-order valence-electron chi connectivity index (χ4n) is 2.80. The smallest absolute Gasteiger partial charge is 0.268 e. The fraction of sp³-hybridized carbons (Fsp3) is 0.238. The van der Waals surface area contributed by atoms with Crippen LogP contribution in [0.3, 0.4) is 0 Å². The second-order valence-corrected chi connectivity index (χ2v) is 7.46. The molecule has 27 heavy (non-hydrogen) atoms. The minimum absolute atomic E-state index is 0.251. The maximum absolute atomic E-state index is 13.0. The van der Waals surface area contributed by atoms with Crippen molar-refractivity contribution < 1.29 is 14.3 Å². The average Bonchev–Trinajstić information content (AvgIpc) is 2.91. The molecule has 3 rings (SSSR count). The number of ether oxygens (including phenoxy) is 1. The zero-order chi connectivity index (χ0) is 19.2. The van der Waals surface area contributed by atoms with E-state index in [4.69, 9.17) is 16.3 Å². The molecule has 0 aliphatic carbocycles. The van der Waals surface area contributed by atoms with Gasteiger partial charge in [-0.1, -0.05) is 53.7 Å². The number of carbonyl (C=O) groups excluding carboxylic acids is 2. The minimum Gasteiger partial charge on any atom is -0.382 e. The summed E-state index contributed by atoms with van der Waals surface area (Å²) in [5.41, 5.74) is 1.21. The molecular weight excluding hydrogens is 382 g/mol. The Hall–Kier alpha value is -2.08. The van der Waals surface area contributed by atoms with E-state index in [9.17, 15) is 9.59 Å². The van der Waals surface area contributed by atoms with Gasteiger partial charge in [-0.15, -0.1) is 0 Å². The lowest BCUT2D eigenvalue weighted by Crippen LogP contribution is -2.33. The van der Waals surface area contributed by atoms with E-state index in [1.807, 2.05) is 49.4 Å². The van der Waals surface area contributed by atoms with Crippen molar-refractivity contribution in [3.63, 3.8) is 0 Å². The van der Waals surface area contributed by atoms with Crippen molar-refractivity contribution in [3.8, 4) is 0 Å². The number of benzene rings is 2. The number of amides is 2. The first-order chi connectivity index (χ1) is 13.1. The summed E-state index contributed by atoms with van der Waals surface area (Å²) in [5.74, 6) is -0.505. The van der Waals surface area contributed by atoms with Crippen LogP contribution < -0.4 is 0 Å². The normalized spacial score (nSPS) is 14.4. The summed E-state index contributed by atoms with van der Waals surface area (Å²) in [6, 6.07) is 16.6. The first-order valence-electron chi connectivity index (χ1n) is 8.79. The zero-order valence-electron chi connectivity index (χ0n) is 15.0. The van der Waals surface area contributed by atoms with Gasteiger partial charge in [-0.3, -0.25) is 14.5 Å². The van der Waals surface area contributed by atoms with Crippen molar-refractivity contribution in [2.24, 2.45) is 0 Å². The first-order valence-corrected chi connectivity index (χ1v) is 9.98. The molecule has 0 radical (unpaired) electrons.